The molecule has 2 N–H and O–H groups in total. The van der Waals surface area contributed by atoms with Crippen molar-refractivity contribution in [1.29, 1.82) is 0 Å². The molecule has 9 heteroatoms. The van der Waals surface area contributed by atoms with Gasteiger partial charge < -0.3 is 24.6 Å². The Kier molecular flexibility index (Phi) is 7.60. The average Bonchev–Trinajstić information content (AvgIpc) is 3.45. The van der Waals surface area contributed by atoms with Crippen molar-refractivity contribution in [2.24, 2.45) is 0 Å². The Balaban J connectivity index is 1.62. The van der Waals surface area contributed by atoms with Crippen LogP contribution in [-0.4, -0.2) is 43.3 Å². The first-order valence-electron chi connectivity index (χ1n) is 12.6. The second-order valence-electron chi connectivity index (χ2n) is 9.33. The fourth-order valence-electron chi connectivity index (χ4n) is 4.93. The van der Waals surface area contributed by atoms with E-state index in [1.807, 2.05) is 0 Å². The normalized spacial score (nSPS) is 15.5. The van der Waals surface area contributed by atoms with E-state index in [9.17, 15) is 14.7 Å². The predicted octanol–water partition coefficient (Wildman–Crippen LogP) is 5.27. The molecule has 0 radical (unpaired) electrons. The van der Waals surface area contributed by atoms with Crippen molar-refractivity contribution in [1.82, 2.24) is 5.32 Å². The van der Waals surface area contributed by atoms with E-state index >= 15 is 0 Å². The van der Waals surface area contributed by atoms with Crippen LogP contribution in [0.15, 0.2) is 60.7 Å². The molecule has 5 rings (SSSR count). The minimum atomic E-state index is -1.06. The van der Waals surface area contributed by atoms with Crippen LogP contribution < -0.4 is 24.4 Å². The van der Waals surface area contributed by atoms with Gasteiger partial charge in [-0.1, -0.05) is 30.5 Å². The van der Waals surface area contributed by atoms with Crippen LogP contribution in [0.5, 0.6) is 23.0 Å². The monoisotopic (exact) mass is 536 g/mol. The lowest BCUT2D eigenvalue weighted by Crippen LogP contribution is -2.46. The Bertz CT molecular complexity index is 1320. The molecule has 1 atom stereocenters. The summed E-state index contributed by atoms with van der Waals surface area (Å²) >= 11 is 6.16. The van der Waals surface area contributed by atoms with E-state index in [1.54, 1.807) is 54.6 Å². The highest BCUT2D eigenvalue weighted by atomic mass is 35.5. The number of phenols is 1. The number of carbonyl (C=O) groups excluding carboxylic acids is 2. The van der Waals surface area contributed by atoms with Crippen molar-refractivity contribution in [3.8, 4) is 23.0 Å². The summed E-state index contributed by atoms with van der Waals surface area (Å²) in [5.41, 5.74) is 1.29. The third kappa shape index (κ3) is 5.36. The molecule has 38 heavy (non-hydrogen) atoms. The molecule has 1 fully saturated rings. The number of benzene rings is 3. The fourth-order valence-corrected chi connectivity index (χ4v) is 5.06. The van der Waals surface area contributed by atoms with Gasteiger partial charge in [-0.3, -0.25) is 14.5 Å². The number of carbonyl (C=O) groups is 2. The Labute approximate surface area is 226 Å². The van der Waals surface area contributed by atoms with E-state index in [-0.39, 0.29) is 23.4 Å². The third-order valence-electron chi connectivity index (χ3n) is 6.84. The van der Waals surface area contributed by atoms with Crippen LogP contribution in [0.25, 0.3) is 0 Å². The SMILES string of the molecule is COc1cc([C@H](C(=O)NC2CCCC2)N(C(=O)c2ccc3c(c2)OCCO3)c2ccc(Cl)cc2)ccc1O. The molecule has 198 valence electrons. The maximum atomic E-state index is 14.2. The molecule has 0 bridgehead atoms. The van der Waals surface area contributed by atoms with Crippen molar-refractivity contribution >= 4 is 29.1 Å². The average molecular weight is 537 g/mol. The summed E-state index contributed by atoms with van der Waals surface area (Å²) in [6, 6.07) is 15.3. The Hall–Kier alpha value is -3.91. The lowest BCUT2D eigenvalue weighted by atomic mass is 10.00. The summed E-state index contributed by atoms with van der Waals surface area (Å²) in [5.74, 6) is 0.417. The molecule has 1 aliphatic heterocycles. The maximum absolute atomic E-state index is 14.2. The number of methoxy groups -OCH3 is 1. The molecule has 3 aromatic rings. The zero-order valence-electron chi connectivity index (χ0n) is 21.0. The van der Waals surface area contributed by atoms with E-state index < -0.39 is 11.9 Å². The first-order chi connectivity index (χ1) is 18.4. The number of halogens is 1. The first-order valence-corrected chi connectivity index (χ1v) is 13.0. The summed E-state index contributed by atoms with van der Waals surface area (Å²) in [5, 5.41) is 13.9. The van der Waals surface area contributed by atoms with Gasteiger partial charge in [-0.25, -0.2) is 0 Å². The molecule has 0 saturated heterocycles. The number of fused-ring (bicyclic) bond motifs is 1. The van der Waals surface area contributed by atoms with E-state index in [1.165, 1.54) is 18.1 Å². The Morgan fingerprint density at radius 1 is 1.00 bits per heavy atom. The highest BCUT2D eigenvalue weighted by molar-refractivity contribution is 6.30. The zero-order valence-corrected chi connectivity index (χ0v) is 21.7. The number of rotatable bonds is 7. The Morgan fingerprint density at radius 2 is 1.71 bits per heavy atom. The maximum Gasteiger partial charge on any atom is 0.259 e. The Morgan fingerprint density at radius 3 is 2.42 bits per heavy atom. The molecule has 1 aliphatic carbocycles. The molecule has 3 aromatic carbocycles. The first kappa shape index (κ1) is 25.7. The lowest BCUT2D eigenvalue weighted by molar-refractivity contribution is -0.123. The van der Waals surface area contributed by atoms with Gasteiger partial charge in [-0.15, -0.1) is 0 Å². The van der Waals surface area contributed by atoms with Gasteiger partial charge in [-0.05, 0) is 73.0 Å². The van der Waals surface area contributed by atoms with Crippen LogP contribution in [0.1, 0.15) is 47.6 Å². The predicted molar refractivity (Wildman–Crippen MR) is 143 cm³/mol. The number of hydrogen-bond acceptors (Lipinski definition) is 6. The quantitative estimate of drug-likeness (QED) is 0.427. The summed E-state index contributed by atoms with van der Waals surface area (Å²) in [6.07, 6.45) is 3.85. The standard InChI is InChI=1S/C29H29ClN2O6/c1-36-25-16-18(6-12-23(25)33)27(28(34)31-21-4-2-3-5-21)32(22-10-8-20(30)9-11-22)29(35)19-7-13-24-26(17-19)38-15-14-37-24/h6-13,16-17,21,27,33H,2-5,14-15H2,1H3,(H,31,34)/t27-/m1/s1. The van der Waals surface area contributed by atoms with E-state index in [4.69, 9.17) is 25.8 Å². The molecule has 0 spiro atoms. The van der Waals surface area contributed by atoms with Gasteiger partial charge in [0.15, 0.2) is 23.0 Å². The number of anilines is 1. The van der Waals surface area contributed by atoms with Gasteiger partial charge in [0.05, 0.1) is 7.11 Å². The minimum absolute atomic E-state index is 0.0282. The van der Waals surface area contributed by atoms with Crippen molar-refractivity contribution in [2.75, 3.05) is 25.2 Å². The van der Waals surface area contributed by atoms with Crippen molar-refractivity contribution in [2.45, 2.75) is 37.8 Å². The summed E-state index contributed by atoms with van der Waals surface area (Å²) < 4.78 is 16.6. The molecular formula is C29H29ClN2O6. The van der Waals surface area contributed by atoms with Gasteiger partial charge in [0.2, 0.25) is 5.91 Å². The number of phenolic OH excluding ortho intramolecular Hbond substituents is 1. The molecule has 1 saturated carbocycles. The van der Waals surface area contributed by atoms with E-state index in [0.29, 0.717) is 46.5 Å². The lowest BCUT2D eigenvalue weighted by Gasteiger charge is -2.33. The zero-order chi connectivity index (χ0) is 26.6. The van der Waals surface area contributed by atoms with Crippen LogP contribution in [0.3, 0.4) is 0 Å². The molecule has 8 nitrogen and oxygen atoms in total. The smallest absolute Gasteiger partial charge is 0.259 e. The van der Waals surface area contributed by atoms with Crippen LogP contribution >= 0.6 is 11.6 Å². The topological polar surface area (TPSA) is 97.3 Å². The second-order valence-corrected chi connectivity index (χ2v) is 9.77. The highest BCUT2D eigenvalue weighted by Gasteiger charge is 2.36. The summed E-state index contributed by atoms with van der Waals surface area (Å²) in [4.78, 5) is 29.6. The minimum Gasteiger partial charge on any atom is -0.504 e. The molecule has 2 amide bonds. The molecular weight excluding hydrogens is 508 g/mol. The van der Waals surface area contributed by atoms with Gasteiger partial charge in [0.1, 0.15) is 19.3 Å². The molecule has 2 aliphatic rings. The van der Waals surface area contributed by atoms with Gasteiger partial charge in [0.25, 0.3) is 5.91 Å². The number of aromatic hydroxyl groups is 1. The number of hydrogen-bond donors (Lipinski definition) is 2. The van der Waals surface area contributed by atoms with Crippen molar-refractivity contribution in [3.63, 3.8) is 0 Å². The summed E-state index contributed by atoms with van der Waals surface area (Å²) in [6.45, 7) is 0.814. The van der Waals surface area contributed by atoms with Crippen LogP contribution in [-0.2, 0) is 4.79 Å². The second kappa shape index (κ2) is 11.2. The summed E-state index contributed by atoms with van der Waals surface area (Å²) in [7, 11) is 1.43. The fraction of sp³-hybridized carbons (Fsp3) is 0.310. The number of amides is 2. The van der Waals surface area contributed by atoms with Crippen LogP contribution in [0.4, 0.5) is 5.69 Å². The van der Waals surface area contributed by atoms with E-state index in [2.05, 4.69) is 5.32 Å². The van der Waals surface area contributed by atoms with Crippen LogP contribution in [0.2, 0.25) is 5.02 Å². The van der Waals surface area contributed by atoms with Gasteiger partial charge in [-0.2, -0.15) is 0 Å². The van der Waals surface area contributed by atoms with Crippen LogP contribution in [0, 0.1) is 0 Å². The van der Waals surface area contributed by atoms with Gasteiger partial charge >= 0.3 is 0 Å². The van der Waals surface area contributed by atoms with E-state index in [0.717, 1.165) is 25.7 Å². The van der Waals surface area contributed by atoms with Crippen molar-refractivity contribution < 1.29 is 28.9 Å². The largest absolute Gasteiger partial charge is 0.504 e. The highest BCUT2D eigenvalue weighted by Crippen LogP contribution is 2.37. The molecule has 0 aromatic heterocycles. The number of nitrogens with one attached hydrogen (secondary N) is 1. The molecule has 0 unspecified atom stereocenters. The number of nitrogens with zero attached hydrogens (tertiary/aromatic N) is 1. The third-order valence-corrected chi connectivity index (χ3v) is 7.09. The molecule has 1 heterocycles. The number of ether oxygens (including phenoxy) is 3. The van der Waals surface area contributed by atoms with Crippen molar-refractivity contribution in [3.05, 3.63) is 76.8 Å². The van der Waals surface area contributed by atoms with Gasteiger partial charge in [0, 0.05) is 22.3 Å².